The van der Waals surface area contributed by atoms with Crippen LogP contribution in [-0.4, -0.2) is 33.5 Å². The molecule has 0 unspecified atom stereocenters. The third kappa shape index (κ3) is 3.59. The van der Waals surface area contributed by atoms with Crippen LogP contribution in [-0.2, 0) is 6.42 Å². The van der Waals surface area contributed by atoms with Gasteiger partial charge in [0.25, 0.3) is 5.91 Å². The number of carbonyl (C=O) groups excluding carboxylic acids is 1. The van der Waals surface area contributed by atoms with E-state index >= 15 is 0 Å². The molecule has 2 aromatic heterocycles. The molecule has 0 atom stereocenters. The molecular formula is C12H11N3O3S. The quantitative estimate of drug-likeness (QED) is 0.857. The first-order valence-electron chi connectivity index (χ1n) is 5.51. The zero-order chi connectivity index (χ0) is 13.7. The van der Waals surface area contributed by atoms with Crippen molar-refractivity contribution in [2.75, 3.05) is 6.54 Å². The van der Waals surface area contributed by atoms with Crippen molar-refractivity contribution < 1.29 is 14.7 Å². The second-order valence-corrected chi connectivity index (χ2v) is 4.44. The third-order valence-corrected chi connectivity index (χ3v) is 3.03. The SMILES string of the molecule is O=C(O)c1ccc(C(=O)NCCc2cscn2)nc1. The van der Waals surface area contributed by atoms with Crippen LogP contribution in [0.1, 0.15) is 26.5 Å². The summed E-state index contributed by atoms with van der Waals surface area (Å²) in [7, 11) is 0. The summed E-state index contributed by atoms with van der Waals surface area (Å²) in [6, 6.07) is 2.74. The number of hydrogen-bond acceptors (Lipinski definition) is 5. The van der Waals surface area contributed by atoms with Crippen molar-refractivity contribution >= 4 is 23.2 Å². The average Bonchev–Trinajstić information content (AvgIpc) is 2.92. The van der Waals surface area contributed by atoms with Gasteiger partial charge in [-0.05, 0) is 12.1 Å². The fraction of sp³-hybridized carbons (Fsp3) is 0.167. The number of nitrogens with zero attached hydrogens (tertiary/aromatic N) is 2. The summed E-state index contributed by atoms with van der Waals surface area (Å²) in [4.78, 5) is 30.3. The first-order valence-corrected chi connectivity index (χ1v) is 6.45. The standard InChI is InChI=1S/C12H11N3O3S/c16-11(13-4-3-9-6-19-7-15-9)10-2-1-8(5-14-10)12(17)18/h1-2,5-7H,3-4H2,(H,13,16)(H,17,18). The Morgan fingerprint density at radius 3 is 2.74 bits per heavy atom. The highest BCUT2D eigenvalue weighted by molar-refractivity contribution is 7.07. The molecule has 0 aliphatic carbocycles. The lowest BCUT2D eigenvalue weighted by molar-refractivity contribution is 0.0695. The zero-order valence-electron chi connectivity index (χ0n) is 9.87. The van der Waals surface area contributed by atoms with Crippen molar-refractivity contribution in [3.63, 3.8) is 0 Å². The summed E-state index contributed by atoms with van der Waals surface area (Å²) < 4.78 is 0. The topological polar surface area (TPSA) is 92.2 Å². The first-order chi connectivity index (χ1) is 9.16. The van der Waals surface area contributed by atoms with E-state index in [4.69, 9.17) is 5.11 Å². The molecule has 2 aromatic rings. The summed E-state index contributed by atoms with van der Waals surface area (Å²) in [6.07, 6.45) is 1.82. The summed E-state index contributed by atoms with van der Waals surface area (Å²) >= 11 is 1.51. The fourth-order valence-corrected chi connectivity index (χ4v) is 2.00. The lowest BCUT2D eigenvalue weighted by Crippen LogP contribution is -2.26. The lowest BCUT2D eigenvalue weighted by atomic mass is 10.2. The van der Waals surface area contributed by atoms with E-state index in [1.54, 1.807) is 5.51 Å². The summed E-state index contributed by atoms with van der Waals surface area (Å²) in [5.41, 5.74) is 2.92. The van der Waals surface area contributed by atoms with Gasteiger partial charge in [0.2, 0.25) is 0 Å². The molecule has 0 spiro atoms. The minimum Gasteiger partial charge on any atom is -0.478 e. The molecule has 2 heterocycles. The maximum absolute atomic E-state index is 11.7. The van der Waals surface area contributed by atoms with Crippen molar-refractivity contribution in [3.8, 4) is 0 Å². The number of carbonyl (C=O) groups is 2. The summed E-state index contributed by atoms with van der Waals surface area (Å²) in [6.45, 7) is 0.463. The highest BCUT2D eigenvalue weighted by Gasteiger charge is 2.09. The van der Waals surface area contributed by atoms with E-state index in [0.29, 0.717) is 13.0 Å². The number of carboxylic acids is 1. The van der Waals surface area contributed by atoms with Gasteiger partial charge in [-0.3, -0.25) is 9.78 Å². The molecule has 98 valence electrons. The zero-order valence-corrected chi connectivity index (χ0v) is 10.7. The number of nitrogens with one attached hydrogen (secondary N) is 1. The maximum atomic E-state index is 11.7. The maximum Gasteiger partial charge on any atom is 0.337 e. The fourth-order valence-electron chi connectivity index (χ4n) is 1.41. The molecule has 6 nitrogen and oxygen atoms in total. The number of pyridine rings is 1. The van der Waals surface area contributed by atoms with Crippen LogP contribution in [0.15, 0.2) is 29.2 Å². The van der Waals surface area contributed by atoms with Gasteiger partial charge in [0, 0.05) is 24.5 Å². The number of amides is 1. The normalized spacial score (nSPS) is 10.1. The number of rotatable bonds is 5. The highest BCUT2D eigenvalue weighted by Crippen LogP contribution is 2.02. The van der Waals surface area contributed by atoms with Crippen LogP contribution < -0.4 is 5.32 Å². The second-order valence-electron chi connectivity index (χ2n) is 3.72. The van der Waals surface area contributed by atoms with Gasteiger partial charge < -0.3 is 10.4 Å². The predicted molar refractivity (Wildman–Crippen MR) is 69.3 cm³/mol. The number of aromatic carboxylic acids is 1. The Bertz CT molecular complexity index is 566. The number of thiazole rings is 1. The molecule has 2 rings (SSSR count). The number of aromatic nitrogens is 2. The monoisotopic (exact) mass is 277 g/mol. The molecule has 0 aromatic carbocycles. The van der Waals surface area contributed by atoms with E-state index in [9.17, 15) is 9.59 Å². The van der Waals surface area contributed by atoms with Gasteiger partial charge in [-0.2, -0.15) is 0 Å². The van der Waals surface area contributed by atoms with E-state index in [0.717, 1.165) is 11.9 Å². The van der Waals surface area contributed by atoms with E-state index in [1.807, 2.05) is 5.38 Å². The first kappa shape index (κ1) is 13.2. The molecule has 0 saturated heterocycles. The largest absolute Gasteiger partial charge is 0.478 e. The van der Waals surface area contributed by atoms with E-state index in [1.165, 1.54) is 23.5 Å². The Morgan fingerprint density at radius 2 is 2.16 bits per heavy atom. The number of carboxylic acid groups (broad SMARTS) is 1. The van der Waals surface area contributed by atoms with Gasteiger partial charge in [0.05, 0.1) is 16.8 Å². The smallest absolute Gasteiger partial charge is 0.337 e. The summed E-state index contributed by atoms with van der Waals surface area (Å²) in [5, 5.41) is 13.3. The van der Waals surface area contributed by atoms with Gasteiger partial charge >= 0.3 is 5.97 Å². The highest BCUT2D eigenvalue weighted by atomic mass is 32.1. The lowest BCUT2D eigenvalue weighted by Gasteiger charge is -2.03. The third-order valence-electron chi connectivity index (χ3n) is 2.39. The van der Waals surface area contributed by atoms with Gasteiger partial charge in [-0.25, -0.2) is 9.78 Å². The molecule has 0 radical (unpaired) electrons. The van der Waals surface area contributed by atoms with Gasteiger partial charge in [0.1, 0.15) is 5.69 Å². The van der Waals surface area contributed by atoms with Crippen LogP contribution in [0.2, 0.25) is 0 Å². The minimum absolute atomic E-state index is 0.0547. The molecule has 2 N–H and O–H groups in total. The molecule has 0 fully saturated rings. The van der Waals surface area contributed by atoms with E-state index < -0.39 is 5.97 Å². The Kier molecular flexibility index (Phi) is 4.19. The average molecular weight is 277 g/mol. The van der Waals surface area contributed by atoms with Crippen molar-refractivity contribution in [2.24, 2.45) is 0 Å². The van der Waals surface area contributed by atoms with E-state index in [2.05, 4.69) is 15.3 Å². The van der Waals surface area contributed by atoms with Crippen LogP contribution in [0, 0.1) is 0 Å². The van der Waals surface area contributed by atoms with Gasteiger partial charge in [-0.15, -0.1) is 11.3 Å². The molecule has 1 amide bonds. The van der Waals surface area contributed by atoms with Crippen LogP contribution >= 0.6 is 11.3 Å². The molecule has 0 aliphatic heterocycles. The van der Waals surface area contributed by atoms with Crippen LogP contribution in [0.4, 0.5) is 0 Å². The Labute approximate surface area is 113 Å². The molecule has 0 saturated carbocycles. The Hall–Kier alpha value is -2.28. The van der Waals surface area contributed by atoms with Crippen LogP contribution in [0.5, 0.6) is 0 Å². The summed E-state index contributed by atoms with van der Waals surface area (Å²) in [5.74, 6) is -1.39. The Balaban J connectivity index is 1.87. The van der Waals surface area contributed by atoms with Crippen molar-refractivity contribution in [3.05, 3.63) is 46.2 Å². The van der Waals surface area contributed by atoms with Crippen molar-refractivity contribution in [2.45, 2.75) is 6.42 Å². The van der Waals surface area contributed by atoms with Gasteiger partial charge in [0.15, 0.2) is 0 Å². The van der Waals surface area contributed by atoms with Crippen LogP contribution in [0.25, 0.3) is 0 Å². The second kappa shape index (κ2) is 6.05. The van der Waals surface area contributed by atoms with E-state index in [-0.39, 0.29) is 17.2 Å². The molecule has 7 heteroatoms. The molecular weight excluding hydrogens is 266 g/mol. The number of hydrogen-bond donors (Lipinski definition) is 2. The molecule has 0 aliphatic rings. The molecule has 19 heavy (non-hydrogen) atoms. The predicted octanol–water partition coefficient (Wildman–Crippen LogP) is 1.21. The minimum atomic E-state index is -1.07. The van der Waals surface area contributed by atoms with Gasteiger partial charge in [-0.1, -0.05) is 0 Å². The Morgan fingerprint density at radius 1 is 1.32 bits per heavy atom. The molecule has 0 bridgehead atoms. The van der Waals surface area contributed by atoms with Crippen molar-refractivity contribution in [1.29, 1.82) is 0 Å². The van der Waals surface area contributed by atoms with Crippen LogP contribution in [0.3, 0.4) is 0 Å². The van der Waals surface area contributed by atoms with Crippen molar-refractivity contribution in [1.82, 2.24) is 15.3 Å².